The van der Waals surface area contributed by atoms with E-state index in [4.69, 9.17) is 0 Å². The molecule has 2 heterocycles. The third kappa shape index (κ3) is 4.87. The lowest BCUT2D eigenvalue weighted by molar-refractivity contribution is 0.619. The van der Waals surface area contributed by atoms with E-state index in [9.17, 15) is 0 Å². The molecule has 0 unspecified atom stereocenters. The summed E-state index contributed by atoms with van der Waals surface area (Å²) in [6.07, 6.45) is 0. The minimum atomic E-state index is -0.305. The quantitative estimate of drug-likeness (QED) is 0.164. The van der Waals surface area contributed by atoms with Crippen LogP contribution in [0.1, 0.15) is 49.9 Å². The van der Waals surface area contributed by atoms with Gasteiger partial charge in [0, 0.05) is 45.0 Å². The van der Waals surface area contributed by atoms with Crippen molar-refractivity contribution in [2.24, 2.45) is 0 Å². The molecule has 2 aliphatic rings. The van der Waals surface area contributed by atoms with Gasteiger partial charge in [-0.05, 0) is 81.1 Å². The molecule has 0 aromatic heterocycles. The van der Waals surface area contributed by atoms with Gasteiger partial charge in [0.1, 0.15) is 0 Å². The normalized spacial score (nSPS) is 13.4. The Hall–Kier alpha value is -5.80. The third-order valence-electron chi connectivity index (χ3n) is 11.4. The molecule has 0 spiro atoms. The van der Waals surface area contributed by atoms with E-state index in [0.717, 1.165) is 5.69 Å². The van der Waals surface area contributed by atoms with Crippen molar-refractivity contribution in [3.05, 3.63) is 198 Å². The Morgan fingerprint density at radius 3 is 1.47 bits per heavy atom. The number of hydrogen-bond acceptors (Lipinski definition) is 2. The van der Waals surface area contributed by atoms with Crippen molar-refractivity contribution in [2.45, 2.75) is 38.5 Å². The second-order valence-electron chi connectivity index (χ2n) is 15.0. The van der Waals surface area contributed by atoms with Crippen LogP contribution in [-0.2, 0) is 10.8 Å². The summed E-state index contributed by atoms with van der Waals surface area (Å²) in [4.78, 5) is 5.02. The molecule has 0 bridgehead atoms. The molecule has 0 amide bonds. The third-order valence-corrected chi connectivity index (χ3v) is 11.4. The molecular weight excluding hydrogens is 615 g/mol. The standard InChI is InChI=1S/C48H41BN2/c1-47(2,34-20-9-5-10-21-34)36-32-39(48(3,4)35-22-11-6-12-23-35)46-41(33-36)49-40-28-17-18-29-42(40)50(37-24-13-7-14-25-37)43-30-19-31-44(45(43)49)51(46)38-26-15-8-16-27-38/h5-33H,1-4H3. The van der Waals surface area contributed by atoms with Gasteiger partial charge in [-0.15, -0.1) is 0 Å². The molecule has 2 aliphatic heterocycles. The van der Waals surface area contributed by atoms with E-state index in [2.05, 4.69) is 213 Å². The SMILES string of the molecule is CC(C)(c1ccccc1)c1cc2c(c(C(C)(C)c3ccccc3)c1)N(c1ccccc1)c1cccc3c1B2c1ccccc1N3c1ccccc1. The van der Waals surface area contributed by atoms with E-state index in [1.807, 2.05) is 0 Å². The summed E-state index contributed by atoms with van der Waals surface area (Å²) in [6.45, 7) is 9.61. The van der Waals surface area contributed by atoms with Crippen molar-refractivity contribution >= 4 is 57.2 Å². The van der Waals surface area contributed by atoms with Crippen LogP contribution >= 0.6 is 0 Å². The smallest absolute Gasteiger partial charge is 0.252 e. The Morgan fingerprint density at radius 1 is 0.392 bits per heavy atom. The van der Waals surface area contributed by atoms with Gasteiger partial charge in [-0.3, -0.25) is 0 Å². The van der Waals surface area contributed by atoms with Gasteiger partial charge < -0.3 is 9.80 Å². The van der Waals surface area contributed by atoms with Gasteiger partial charge in [0.15, 0.2) is 0 Å². The number of anilines is 6. The van der Waals surface area contributed by atoms with Crippen molar-refractivity contribution in [1.82, 2.24) is 0 Å². The molecule has 51 heavy (non-hydrogen) atoms. The molecule has 2 nitrogen and oxygen atoms in total. The molecule has 0 fully saturated rings. The predicted molar refractivity (Wildman–Crippen MR) is 218 cm³/mol. The van der Waals surface area contributed by atoms with Crippen LogP contribution in [0.2, 0.25) is 0 Å². The van der Waals surface area contributed by atoms with Crippen LogP contribution in [0.5, 0.6) is 0 Å². The van der Waals surface area contributed by atoms with Crippen molar-refractivity contribution < 1.29 is 0 Å². The highest BCUT2D eigenvalue weighted by atomic mass is 15.2. The second-order valence-corrected chi connectivity index (χ2v) is 15.0. The zero-order valence-electron chi connectivity index (χ0n) is 29.7. The van der Waals surface area contributed by atoms with Crippen LogP contribution in [0.4, 0.5) is 34.1 Å². The second kappa shape index (κ2) is 11.9. The minimum Gasteiger partial charge on any atom is -0.311 e. The van der Waals surface area contributed by atoms with Gasteiger partial charge in [-0.25, -0.2) is 0 Å². The summed E-state index contributed by atoms with van der Waals surface area (Å²) in [5, 5.41) is 0. The fourth-order valence-corrected chi connectivity index (χ4v) is 8.59. The molecule has 0 aliphatic carbocycles. The summed E-state index contributed by atoms with van der Waals surface area (Å²) in [5.74, 6) is 0. The first kappa shape index (κ1) is 31.2. The van der Waals surface area contributed by atoms with Gasteiger partial charge in [0.2, 0.25) is 0 Å². The van der Waals surface area contributed by atoms with Crippen LogP contribution in [0, 0.1) is 0 Å². The molecule has 0 saturated carbocycles. The highest BCUT2D eigenvalue weighted by Crippen LogP contribution is 2.49. The van der Waals surface area contributed by atoms with Gasteiger partial charge in [-0.1, -0.05) is 161 Å². The molecule has 3 heteroatoms. The number of nitrogens with zero attached hydrogens (tertiary/aromatic N) is 2. The Morgan fingerprint density at radius 2 is 0.863 bits per heavy atom. The average Bonchev–Trinajstić information content (AvgIpc) is 3.18. The van der Waals surface area contributed by atoms with Crippen molar-refractivity contribution in [2.75, 3.05) is 9.80 Å². The Labute approximate surface area is 302 Å². The number of para-hydroxylation sites is 3. The number of rotatable bonds is 6. The van der Waals surface area contributed by atoms with Crippen LogP contribution in [-0.4, -0.2) is 6.71 Å². The first-order valence-electron chi connectivity index (χ1n) is 18.1. The highest BCUT2D eigenvalue weighted by molar-refractivity contribution is 7.00. The van der Waals surface area contributed by atoms with Crippen LogP contribution in [0.3, 0.4) is 0 Å². The lowest BCUT2D eigenvalue weighted by atomic mass is 9.33. The maximum atomic E-state index is 2.56. The minimum absolute atomic E-state index is 0.0409. The maximum Gasteiger partial charge on any atom is 0.252 e. The van der Waals surface area contributed by atoms with E-state index < -0.39 is 0 Å². The lowest BCUT2D eigenvalue weighted by Crippen LogP contribution is -2.62. The molecule has 0 radical (unpaired) electrons. The zero-order valence-corrected chi connectivity index (χ0v) is 29.7. The zero-order chi connectivity index (χ0) is 34.7. The van der Waals surface area contributed by atoms with E-state index in [1.165, 1.54) is 67.1 Å². The number of hydrogen-bond donors (Lipinski definition) is 0. The lowest BCUT2D eigenvalue weighted by Gasteiger charge is -2.46. The molecule has 0 N–H and O–H groups in total. The Balaban J connectivity index is 1.42. The van der Waals surface area contributed by atoms with E-state index in [0.29, 0.717) is 0 Å². The van der Waals surface area contributed by atoms with Crippen LogP contribution in [0.15, 0.2) is 176 Å². The first-order valence-corrected chi connectivity index (χ1v) is 18.1. The first-order chi connectivity index (χ1) is 24.9. The summed E-state index contributed by atoms with van der Waals surface area (Å²) in [7, 11) is 0. The average molecular weight is 657 g/mol. The van der Waals surface area contributed by atoms with Gasteiger partial charge >= 0.3 is 0 Å². The van der Waals surface area contributed by atoms with E-state index in [-0.39, 0.29) is 17.5 Å². The summed E-state index contributed by atoms with van der Waals surface area (Å²) < 4.78 is 0. The van der Waals surface area contributed by atoms with Crippen molar-refractivity contribution in [3.63, 3.8) is 0 Å². The summed E-state index contributed by atoms with van der Waals surface area (Å²) >= 11 is 0. The Kier molecular flexibility index (Phi) is 7.29. The molecule has 0 saturated heterocycles. The predicted octanol–water partition coefficient (Wildman–Crippen LogP) is 10.4. The monoisotopic (exact) mass is 656 g/mol. The molecule has 9 rings (SSSR count). The van der Waals surface area contributed by atoms with E-state index >= 15 is 0 Å². The molecule has 0 atom stereocenters. The fourth-order valence-electron chi connectivity index (χ4n) is 8.59. The summed E-state index contributed by atoms with van der Waals surface area (Å²) in [6, 6.07) is 64.8. The van der Waals surface area contributed by atoms with E-state index in [1.54, 1.807) is 0 Å². The molecule has 7 aromatic carbocycles. The van der Waals surface area contributed by atoms with Crippen LogP contribution in [0.25, 0.3) is 0 Å². The van der Waals surface area contributed by atoms with Crippen molar-refractivity contribution in [1.29, 1.82) is 0 Å². The summed E-state index contributed by atoms with van der Waals surface area (Å²) in [5.41, 5.74) is 16.0. The molecular formula is C48H41BN2. The number of fused-ring (bicyclic) bond motifs is 4. The van der Waals surface area contributed by atoms with Crippen LogP contribution < -0.4 is 26.2 Å². The Bertz CT molecular complexity index is 2370. The fraction of sp³-hybridized carbons (Fsp3) is 0.125. The topological polar surface area (TPSA) is 6.48 Å². The maximum absolute atomic E-state index is 2.56. The molecule has 246 valence electrons. The molecule has 7 aromatic rings. The van der Waals surface area contributed by atoms with Crippen molar-refractivity contribution in [3.8, 4) is 0 Å². The highest BCUT2D eigenvalue weighted by Gasteiger charge is 2.46. The van der Waals surface area contributed by atoms with Gasteiger partial charge in [-0.2, -0.15) is 0 Å². The van der Waals surface area contributed by atoms with Gasteiger partial charge in [0.25, 0.3) is 6.71 Å². The largest absolute Gasteiger partial charge is 0.311 e. The van der Waals surface area contributed by atoms with Gasteiger partial charge in [0.05, 0.1) is 0 Å². The number of benzene rings is 7.